The molecule has 0 saturated heterocycles. The average Bonchev–Trinajstić information content (AvgIpc) is 2.97. The third kappa shape index (κ3) is 2.38. The van der Waals surface area contributed by atoms with Crippen molar-refractivity contribution >= 4 is 11.7 Å². The number of nitrogens with one attached hydrogen (secondary N) is 1. The zero-order valence-corrected chi connectivity index (χ0v) is 9.34. The largest absolute Gasteiger partial charge is 0.480 e. The number of hydrogen-bond donors (Lipinski definition) is 2. The number of halogens is 2. The molecule has 1 unspecified atom stereocenters. The lowest BCUT2D eigenvalue weighted by atomic mass is 9.95. The van der Waals surface area contributed by atoms with Gasteiger partial charge in [-0.2, -0.15) is 0 Å². The Hall–Kier alpha value is -1.65. The van der Waals surface area contributed by atoms with Gasteiger partial charge in [0.15, 0.2) is 0 Å². The van der Waals surface area contributed by atoms with E-state index in [1.165, 1.54) is 6.92 Å². The minimum atomic E-state index is -1.17. The third-order valence-electron chi connectivity index (χ3n) is 3.10. The number of benzene rings is 1. The zero-order valence-electron chi connectivity index (χ0n) is 9.34. The summed E-state index contributed by atoms with van der Waals surface area (Å²) in [6.45, 7) is 1.54. The molecule has 2 N–H and O–H groups in total. The minimum Gasteiger partial charge on any atom is -0.480 e. The molecule has 0 aliphatic heterocycles. The highest BCUT2D eigenvalue weighted by atomic mass is 19.1. The number of hydrogen-bond acceptors (Lipinski definition) is 2. The van der Waals surface area contributed by atoms with Gasteiger partial charge in [0.05, 0.1) is 0 Å². The van der Waals surface area contributed by atoms with Crippen LogP contribution in [0, 0.1) is 17.6 Å². The van der Waals surface area contributed by atoms with Crippen molar-refractivity contribution in [3.63, 3.8) is 0 Å². The van der Waals surface area contributed by atoms with Gasteiger partial charge in [-0.25, -0.2) is 13.6 Å². The van der Waals surface area contributed by atoms with Crippen LogP contribution in [0.1, 0.15) is 19.8 Å². The van der Waals surface area contributed by atoms with E-state index in [0.717, 1.165) is 31.0 Å². The van der Waals surface area contributed by atoms with Crippen molar-refractivity contribution in [2.75, 3.05) is 5.32 Å². The van der Waals surface area contributed by atoms with Gasteiger partial charge in [0, 0.05) is 11.8 Å². The Labute approximate surface area is 97.5 Å². The molecule has 3 nitrogen and oxygen atoms in total. The van der Waals surface area contributed by atoms with Crippen molar-refractivity contribution < 1.29 is 18.7 Å². The molecule has 1 aromatic carbocycles. The highest BCUT2D eigenvalue weighted by Gasteiger charge is 2.47. The Morgan fingerprint density at radius 3 is 2.29 bits per heavy atom. The predicted molar refractivity (Wildman–Crippen MR) is 58.7 cm³/mol. The molecule has 1 fully saturated rings. The number of carboxylic acids is 1. The summed E-state index contributed by atoms with van der Waals surface area (Å²) >= 11 is 0. The maximum Gasteiger partial charge on any atom is 0.329 e. The molecule has 0 radical (unpaired) electrons. The second kappa shape index (κ2) is 3.98. The molecule has 0 bridgehead atoms. The van der Waals surface area contributed by atoms with Crippen LogP contribution in [0.15, 0.2) is 18.2 Å². The standard InChI is InChI=1S/C12H13F2NO2/c1-12(11(16)17,7-2-3-7)15-10-5-8(13)4-9(14)6-10/h4-7,15H,2-3H2,1H3,(H,16,17). The maximum absolute atomic E-state index is 13.0. The summed E-state index contributed by atoms with van der Waals surface area (Å²) in [7, 11) is 0. The van der Waals surface area contributed by atoms with E-state index in [2.05, 4.69) is 5.32 Å². The Balaban J connectivity index is 2.26. The smallest absolute Gasteiger partial charge is 0.329 e. The highest BCUT2D eigenvalue weighted by Crippen LogP contribution is 2.41. The highest BCUT2D eigenvalue weighted by molar-refractivity contribution is 5.83. The van der Waals surface area contributed by atoms with Crippen molar-refractivity contribution in [2.45, 2.75) is 25.3 Å². The topological polar surface area (TPSA) is 49.3 Å². The second-order valence-electron chi connectivity index (χ2n) is 4.56. The molecule has 0 heterocycles. The van der Waals surface area contributed by atoms with E-state index >= 15 is 0 Å². The van der Waals surface area contributed by atoms with Crippen LogP contribution in [0.25, 0.3) is 0 Å². The molecule has 2 rings (SSSR count). The van der Waals surface area contributed by atoms with Gasteiger partial charge in [0.25, 0.3) is 0 Å². The molecule has 1 saturated carbocycles. The van der Waals surface area contributed by atoms with Gasteiger partial charge in [-0.05, 0) is 37.8 Å². The Kier molecular flexibility index (Phi) is 2.77. The number of rotatable bonds is 4. The van der Waals surface area contributed by atoms with E-state index in [-0.39, 0.29) is 11.6 Å². The molecule has 1 aliphatic carbocycles. The molecule has 0 spiro atoms. The lowest BCUT2D eigenvalue weighted by Crippen LogP contribution is -2.45. The fourth-order valence-electron chi connectivity index (χ4n) is 1.92. The Bertz CT molecular complexity index is 440. The van der Waals surface area contributed by atoms with Crippen LogP contribution in [0.5, 0.6) is 0 Å². The average molecular weight is 241 g/mol. The van der Waals surface area contributed by atoms with Crippen molar-refractivity contribution in [3.05, 3.63) is 29.8 Å². The van der Waals surface area contributed by atoms with Crippen LogP contribution in [0.2, 0.25) is 0 Å². The first-order valence-electron chi connectivity index (χ1n) is 5.39. The predicted octanol–water partition coefficient (Wildman–Crippen LogP) is 2.63. The van der Waals surface area contributed by atoms with E-state index < -0.39 is 23.1 Å². The summed E-state index contributed by atoms with van der Waals surface area (Å²) in [5.41, 5.74) is -1.01. The number of carboxylic acid groups (broad SMARTS) is 1. The number of carbonyl (C=O) groups is 1. The maximum atomic E-state index is 13.0. The molecule has 0 aromatic heterocycles. The Morgan fingerprint density at radius 2 is 1.88 bits per heavy atom. The Morgan fingerprint density at radius 1 is 1.35 bits per heavy atom. The van der Waals surface area contributed by atoms with Gasteiger partial charge in [-0.15, -0.1) is 0 Å². The first-order chi connectivity index (χ1) is 7.91. The third-order valence-corrected chi connectivity index (χ3v) is 3.10. The number of aliphatic carboxylic acids is 1. The van der Waals surface area contributed by atoms with E-state index in [9.17, 15) is 18.7 Å². The van der Waals surface area contributed by atoms with Crippen LogP contribution in [0.3, 0.4) is 0 Å². The van der Waals surface area contributed by atoms with Gasteiger partial charge >= 0.3 is 5.97 Å². The molecular formula is C12H13F2NO2. The van der Waals surface area contributed by atoms with E-state index in [0.29, 0.717) is 0 Å². The molecule has 5 heteroatoms. The van der Waals surface area contributed by atoms with Crippen LogP contribution in [-0.2, 0) is 4.79 Å². The van der Waals surface area contributed by atoms with Gasteiger partial charge in [-0.1, -0.05) is 0 Å². The summed E-state index contributed by atoms with van der Waals surface area (Å²) in [4.78, 5) is 11.2. The van der Waals surface area contributed by atoms with Gasteiger partial charge in [0.2, 0.25) is 0 Å². The summed E-state index contributed by atoms with van der Waals surface area (Å²) in [6.07, 6.45) is 1.63. The van der Waals surface area contributed by atoms with Crippen LogP contribution in [0.4, 0.5) is 14.5 Å². The summed E-state index contributed by atoms with van der Waals surface area (Å²) < 4.78 is 26.0. The molecule has 1 aliphatic rings. The molecule has 1 aromatic rings. The molecular weight excluding hydrogens is 228 g/mol. The van der Waals surface area contributed by atoms with E-state index in [1.807, 2.05) is 0 Å². The van der Waals surface area contributed by atoms with Crippen LogP contribution < -0.4 is 5.32 Å². The lowest BCUT2D eigenvalue weighted by molar-refractivity contribution is -0.142. The first kappa shape index (κ1) is 11.8. The lowest BCUT2D eigenvalue weighted by Gasteiger charge is -2.27. The minimum absolute atomic E-state index is 0.00586. The summed E-state index contributed by atoms with van der Waals surface area (Å²) in [5, 5.41) is 11.9. The van der Waals surface area contributed by atoms with Gasteiger partial charge in [-0.3, -0.25) is 0 Å². The van der Waals surface area contributed by atoms with Crippen molar-refractivity contribution in [1.29, 1.82) is 0 Å². The van der Waals surface area contributed by atoms with E-state index in [4.69, 9.17) is 0 Å². The monoisotopic (exact) mass is 241 g/mol. The molecule has 92 valence electrons. The first-order valence-corrected chi connectivity index (χ1v) is 5.39. The summed E-state index contributed by atoms with van der Waals surface area (Å²) in [6, 6.07) is 2.93. The number of anilines is 1. The molecule has 1 atom stereocenters. The van der Waals surface area contributed by atoms with E-state index in [1.54, 1.807) is 0 Å². The quantitative estimate of drug-likeness (QED) is 0.851. The van der Waals surface area contributed by atoms with Crippen LogP contribution >= 0.6 is 0 Å². The molecule has 0 amide bonds. The van der Waals surface area contributed by atoms with Gasteiger partial charge < -0.3 is 10.4 Å². The van der Waals surface area contributed by atoms with Gasteiger partial charge in [0.1, 0.15) is 17.2 Å². The fraction of sp³-hybridized carbons (Fsp3) is 0.417. The van der Waals surface area contributed by atoms with Crippen molar-refractivity contribution in [2.24, 2.45) is 5.92 Å². The van der Waals surface area contributed by atoms with Crippen LogP contribution in [-0.4, -0.2) is 16.6 Å². The van der Waals surface area contributed by atoms with Crippen molar-refractivity contribution in [3.8, 4) is 0 Å². The fourth-order valence-corrected chi connectivity index (χ4v) is 1.92. The zero-order chi connectivity index (χ0) is 12.6. The van der Waals surface area contributed by atoms with Crippen molar-refractivity contribution in [1.82, 2.24) is 0 Å². The summed E-state index contributed by atoms with van der Waals surface area (Å²) in [5.74, 6) is -2.46. The molecule has 17 heavy (non-hydrogen) atoms. The second-order valence-corrected chi connectivity index (χ2v) is 4.56. The normalized spacial score (nSPS) is 18.5. The SMILES string of the molecule is CC(Nc1cc(F)cc(F)c1)(C(=O)O)C1CC1.